The summed E-state index contributed by atoms with van der Waals surface area (Å²) in [5, 5.41) is 12.0. The third-order valence-corrected chi connectivity index (χ3v) is 4.67. The summed E-state index contributed by atoms with van der Waals surface area (Å²) in [4.78, 5) is 37.2. The Morgan fingerprint density at radius 3 is 2.91 bits per heavy atom. The van der Waals surface area contributed by atoms with Crippen molar-refractivity contribution in [2.75, 3.05) is 6.54 Å². The van der Waals surface area contributed by atoms with Gasteiger partial charge in [-0.05, 0) is 25.0 Å². The average molecular weight is 320 g/mol. The van der Waals surface area contributed by atoms with Crippen LogP contribution < -0.4 is 5.32 Å². The number of furan rings is 1. The molecule has 2 fully saturated rings. The third-order valence-electron chi connectivity index (χ3n) is 4.67. The van der Waals surface area contributed by atoms with Crippen molar-refractivity contribution in [2.24, 2.45) is 11.8 Å². The first-order valence-electron chi connectivity index (χ1n) is 7.88. The minimum Gasteiger partial charge on any atom is -0.481 e. The Kier molecular flexibility index (Phi) is 4.36. The fourth-order valence-corrected chi connectivity index (χ4v) is 3.42. The summed E-state index contributed by atoms with van der Waals surface area (Å²) in [7, 11) is 0. The molecule has 1 saturated heterocycles. The maximum Gasteiger partial charge on any atom is 0.308 e. The maximum absolute atomic E-state index is 12.4. The van der Waals surface area contributed by atoms with Gasteiger partial charge in [-0.1, -0.05) is 6.42 Å². The van der Waals surface area contributed by atoms with Gasteiger partial charge >= 0.3 is 5.97 Å². The predicted molar refractivity (Wildman–Crippen MR) is 79.1 cm³/mol. The van der Waals surface area contributed by atoms with E-state index in [4.69, 9.17) is 9.52 Å². The van der Waals surface area contributed by atoms with Crippen LogP contribution in [-0.2, 0) is 20.9 Å². The molecule has 1 aromatic rings. The van der Waals surface area contributed by atoms with Crippen molar-refractivity contribution in [1.29, 1.82) is 0 Å². The first-order valence-corrected chi connectivity index (χ1v) is 7.88. The molecule has 1 aliphatic heterocycles. The van der Waals surface area contributed by atoms with E-state index in [0.29, 0.717) is 31.7 Å². The number of amides is 2. The molecule has 2 heterocycles. The Balaban J connectivity index is 1.56. The highest BCUT2D eigenvalue weighted by atomic mass is 16.4. The van der Waals surface area contributed by atoms with Crippen molar-refractivity contribution in [1.82, 2.24) is 10.2 Å². The number of nitrogens with zero attached hydrogens (tertiary/aromatic N) is 1. The minimum atomic E-state index is -0.866. The molecule has 23 heavy (non-hydrogen) atoms. The lowest BCUT2D eigenvalue weighted by Gasteiger charge is -2.20. The van der Waals surface area contributed by atoms with Crippen LogP contribution in [0, 0.1) is 11.8 Å². The Hall–Kier alpha value is -2.31. The Morgan fingerprint density at radius 1 is 1.39 bits per heavy atom. The summed E-state index contributed by atoms with van der Waals surface area (Å²) in [5.74, 6) is -1.43. The lowest BCUT2D eigenvalue weighted by molar-refractivity contribution is -0.142. The summed E-state index contributed by atoms with van der Waals surface area (Å²) in [6.45, 7) is 0.701. The van der Waals surface area contributed by atoms with E-state index in [9.17, 15) is 14.4 Å². The van der Waals surface area contributed by atoms with Gasteiger partial charge < -0.3 is 19.7 Å². The molecule has 0 bridgehead atoms. The van der Waals surface area contributed by atoms with Gasteiger partial charge in [-0.15, -0.1) is 0 Å². The maximum atomic E-state index is 12.4. The molecule has 1 aromatic heterocycles. The van der Waals surface area contributed by atoms with Crippen LogP contribution in [0.4, 0.5) is 0 Å². The summed E-state index contributed by atoms with van der Waals surface area (Å²) < 4.78 is 5.23. The number of likely N-dealkylation sites (tertiary alicyclic amines) is 1. The quantitative estimate of drug-likeness (QED) is 0.843. The van der Waals surface area contributed by atoms with Crippen LogP contribution in [0.3, 0.4) is 0 Å². The van der Waals surface area contributed by atoms with Gasteiger partial charge in [0.2, 0.25) is 11.8 Å². The first-order chi connectivity index (χ1) is 11.0. The monoisotopic (exact) mass is 320 g/mol. The van der Waals surface area contributed by atoms with Gasteiger partial charge in [0.25, 0.3) is 0 Å². The highest BCUT2D eigenvalue weighted by Crippen LogP contribution is 2.27. The fraction of sp³-hybridized carbons (Fsp3) is 0.562. The molecule has 0 spiro atoms. The van der Waals surface area contributed by atoms with Gasteiger partial charge in [0.1, 0.15) is 5.76 Å². The number of carbonyl (C=O) groups is 3. The standard InChI is InChI=1S/C16H20N2O5/c19-14-7-10(8-18(14)9-11-3-2-6-23-11)15(20)17-13-5-1-4-12(13)16(21)22/h2-3,6,10,12-13H,1,4-5,7-9H2,(H,17,20)(H,21,22)/t10?,12-,13+/m1/s1. The van der Waals surface area contributed by atoms with Crippen LogP contribution in [-0.4, -0.2) is 40.4 Å². The van der Waals surface area contributed by atoms with E-state index < -0.39 is 17.8 Å². The molecule has 0 aromatic carbocycles. The summed E-state index contributed by atoms with van der Waals surface area (Å²) in [5.41, 5.74) is 0. The second kappa shape index (κ2) is 6.44. The van der Waals surface area contributed by atoms with Gasteiger partial charge in [0.05, 0.1) is 24.6 Å². The van der Waals surface area contributed by atoms with Crippen LogP contribution in [0.25, 0.3) is 0 Å². The third kappa shape index (κ3) is 3.38. The van der Waals surface area contributed by atoms with E-state index in [1.165, 1.54) is 0 Å². The van der Waals surface area contributed by atoms with Crippen LogP contribution in [0.5, 0.6) is 0 Å². The number of rotatable bonds is 5. The number of carbonyl (C=O) groups excluding carboxylic acids is 2. The number of aliphatic carboxylic acids is 1. The van der Waals surface area contributed by atoms with Crippen LogP contribution >= 0.6 is 0 Å². The van der Waals surface area contributed by atoms with E-state index in [1.807, 2.05) is 0 Å². The lowest BCUT2D eigenvalue weighted by atomic mass is 10.0. The molecule has 1 saturated carbocycles. The van der Waals surface area contributed by atoms with Crippen molar-refractivity contribution in [3.8, 4) is 0 Å². The SMILES string of the molecule is O=C(N[C@H]1CCC[C@H]1C(=O)O)C1CC(=O)N(Cc2ccco2)C1. The molecule has 7 nitrogen and oxygen atoms in total. The molecular weight excluding hydrogens is 300 g/mol. The molecule has 124 valence electrons. The van der Waals surface area contributed by atoms with Crippen molar-refractivity contribution in [3.05, 3.63) is 24.2 Å². The van der Waals surface area contributed by atoms with Crippen molar-refractivity contribution in [3.63, 3.8) is 0 Å². The van der Waals surface area contributed by atoms with Crippen LogP contribution in [0.1, 0.15) is 31.4 Å². The van der Waals surface area contributed by atoms with Crippen molar-refractivity contribution < 1.29 is 23.9 Å². The molecule has 3 atom stereocenters. The summed E-state index contributed by atoms with van der Waals surface area (Å²) in [6.07, 6.45) is 3.79. The number of hydrogen-bond donors (Lipinski definition) is 2. The van der Waals surface area contributed by atoms with E-state index in [2.05, 4.69) is 5.32 Å². The molecule has 1 unspecified atom stereocenters. The van der Waals surface area contributed by atoms with Crippen molar-refractivity contribution >= 4 is 17.8 Å². The lowest BCUT2D eigenvalue weighted by Crippen LogP contribution is -2.43. The van der Waals surface area contributed by atoms with Crippen LogP contribution in [0.2, 0.25) is 0 Å². The van der Waals surface area contributed by atoms with Crippen molar-refractivity contribution in [2.45, 2.75) is 38.3 Å². The Morgan fingerprint density at radius 2 is 2.22 bits per heavy atom. The van der Waals surface area contributed by atoms with Gasteiger partial charge in [-0.2, -0.15) is 0 Å². The van der Waals surface area contributed by atoms with Gasteiger partial charge in [-0.3, -0.25) is 14.4 Å². The normalized spacial score (nSPS) is 27.4. The van der Waals surface area contributed by atoms with Gasteiger partial charge in [0.15, 0.2) is 0 Å². The molecule has 3 rings (SSSR count). The molecule has 0 radical (unpaired) electrons. The number of hydrogen-bond acceptors (Lipinski definition) is 4. The zero-order valence-electron chi connectivity index (χ0n) is 12.7. The largest absolute Gasteiger partial charge is 0.481 e. The molecule has 2 N–H and O–H groups in total. The van der Waals surface area contributed by atoms with E-state index in [1.54, 1.807) is 23.3 Å². The van der Waals surface area contributed by atoms with Gasteiger partial charge in [0, 0.05) is 19.0 Å². The molecule has 2 aliphatic rings. The number of nitrogens with one attached hydrogen (secondary N) is 1. The van der Waals surface area contributed by atoms with Crippen LogP contribution in [0.15, 0.2) is 22.8 Å². The second-order valence-electron chi connectivity index (χ2n) is 6.25. The molecule has 2 amide bonds. The Labute approximate surface area is 133 Å². The van der Waals surface area contributed by atoms with E-state index in [0.717, 1.165) is 6.42 Å². The smallest absolute Gasteiger partial charge is 0.308 e. The zero-order valence-corrected chi connectivity index (χ0v) is 12.7. The molecule has 1 aliphatic carbocycles. The van der Waals surface area contributed by atoms with Gasteiger partial charge in [-0.25, -0.2) is 0 Å². The minimum absolute atomic E-state index is 0.0808. The number of carboxylic acid groups (broad SMARTS) is 1. The average Bonchev–Trinajstić information content (AvgIpc) is 3.21. The summed E-state index contributed by atoms with van der Waals surface area (Å²) in [6, 6.07) is 3.22. The first kappa shape index (κ1) is 15.6. The fourth-order valence-electron chi connectivity index (χ4n) is 3.42. The number of carboxylic acids is 1. The highest BCUT2D eigenvalue weighted by molar-refractivity contribution is 5.89. The molecule has 7 heteroatoms. The second-order valence-corrected chi connectivity index (χ2v) is 6.25. The Bertz CT molecular complexity index is 598. The van der Waals surface area contributed by atoms with E-state index >= 15 is 0 Å². The molecular formula is C16H20N2O5. The highest BCUT2D eigenvalue weighted by Gasteiger charge is 2.38. The summed E-state index contributed by atoms with van der Waals surface area (Å²) >= 11 is 0. The van der Waals surface area contributed by atoms with E-state index in [-0.39, 0.29) is 24.3 Å². The zero-order chi connectivity index (χ0) is 16.4. The predicted octanol–water partition coefficient (Wildman–Crippen LogP) is 0.998. The topological polar surface area (TPSA) is 99.8 Å².